The van der Waals surface area contributed by atoms with E-state index in [1.54, 1.807) is 25.3 Å². The van der Waals surface area contributed by atoms with Crippen LogP contribution in [0.2, 0.25) is 0 Å². The maximum Gasteiger partial charge on any atom is 0.256 e. The van der Waals surface area contributed by atoms with Crippen LogP contribution in [-0.2, 0) is 0 Å². The highest BCUT2D eigenvalue weighted by Crippen LogP contribution is 2.24. The van der Waals surface area contributed by atoms with Crippen LogP contribution in [0, 0.1) is 13.8 Å². The maximum absolute atomic E-state index is 12.3. The number of hydrogen-bond acceptors (Lipinski definition) is 2. The summed E-state index contributed by atoms with van der Waals surface area (Å²) in [4.78, 5) is 12.3. The van der Waals surface area contributed by atoms with Crippen molar-refractivity contribution >= 4 is 27.5 Å². The fourth-order valence-electron chi connectivity index (χ4n) is 1.82. The first-order valence-corrected chi connectivity index (χ1v) is 7.02. The third-order valence-corrected chi connectivity index (χ3v) is 3.87. The van der Waals surface area contributed by atoms with E-state index in [0.717, 1.165) is 15.7 Å². The Hall–Kier alpha value is -1.81. The molecule has 0 saturated heterocycles. The van der Waals surface area contributed by atoms with Gasteiger partial charge < -0.3 is 10.1 Å². The molecule has 4 heteroatoms. The van der Waals surface area contributed by atoms with Gasteiger partial charge in [0.2, 0.25) is 0 Å². The first-order chi connectivity index (χ1) is 9.51. The van der Waals surface area contributed by atoms with Gasteiger partial charge in [-0.3, -0.25) is 4.79 Å². The Balaban J connectivity index is 2.25. The zero-order chi connectivity index (χ0) is 14.7. The largest absolute Gasteiger partial charge is 0.497 e. The molecule has 0 bridgehead atoms. The van der Waals surface area contributed by atoms with Gasteiger partial charge in [-0.15, -0.1) is 0 Å². The molecule has 0 atom stereocenters. The molecule has 2 rings (SSSR count). The van der Waals surface area contributed by atoms with E-state index in [4.69, 9.17) is 4.74 Å². The third kappa shape index (κ3) is 3.20. The highest BCUT2D eigenvalue weighted by molar-refractivity contribution is 9.10. The second-order valence-electron chi connectivity index (χ2n) is 4.60. The summed E-state index contributed by atoms with van der Waals surface area (Å²) in [5.41, 5.74) is 3.67. The van der Waals surface area contributed by atoms with Crippen LogP contribution in [0.3, 0.4) is 0 Å². The van der Waals surface area contributed by atoms with E-state index in [9.17, 15) is 4.79 Å². The van der Waals surface area contributed by atoms with Crippen molar-refractivity contribution in [3.05, 3.63) is 57.6 Å². The molecule has 0 heterocycles. The molecular weight excluding hydrogens is 318 g/mol. The molecule has 104 valence electrons. The average molecular weight is 334 g/mol. The number of carbonyl (C=O) groups is 1. The van der Waals surface area contributed by atoms with Crippen LogP contribution in [0.4, 0.5) is 5.69 Å². The highest BCUT2D eigenvalue weighted by atomic mass is 79.9. The van der Waals surface area contributed by atoms with Crippen molar-refractivity contribution in [2.75, 3.05) is 12.4 Å². The molecule has 20 heavy (non-hydrogen) atoms. The summed E-state index contributed by atoms with van der Waals surface area (Å²) in [5.74, 6) is 0.484. The number of rotatable bonds is 3. The molecule has 2 aromatic carbocycles. The second-order valence-corrected chi connectivity index (χ2v) is 5.45. The van der Waals surface area contributed by atoms with E-state index in [0.29, 0.717) is 11.3 Å². The van der Waals surface area contributed by atoms with Crippen LogP contribution >= 0.6 is 15.9 Å². The normalized spacial score (nSPS) is 10.2. The summed E-state index contributed by atoms with van der Waals surface area (Å²) in [5, 5.41) is 2.89. The fourth-order valence-corrected chi connectivity index (χ4v) is 2.25. The van der Waals surface area contributed by atoms with Crippen LogP contribution in [-0.4, -0.2) is 13.0 Å². The number of methoxy groups -OCH3 is 1. The standard InChI is InChI=1S/C16H16BrNO2/c1-10-4-5-12(8-11(10)2)18-16(19)14-9-13(20-3)6-7-15(14)17/h4-9H,1-3H3,(H,18,19). The van der Waals surface area contributed by atoms with Crippen LogP contribution in [0.1, 0.15) is 21.5 Å². The van der Waals surface area contributed by atoms with Gasteiger partial charge in [-0.25, -0.2) is 0 Å². The van der Waals surface area contributed by atoms with E-state index in [2.05, 4.69) is 21.2 Å². The van der Waals surface area contributed by atoms with Crippen molar-refractivity contribution in [1.82, 2.24) is 0 Å². The number of anilines is 1. The molecule has 0 spiro atoms. The Morgan fingerprint density at radius 2 is 1.85 bits per heavy atom. The van der Waals surface area contributed by atoms with Crippen LogP contribution in [0.25, 0.3) is 0 Å². The van der Waals surface area contributed by atoms with Crippen molar-refractivity contribution in [2.24, 2.45) is 0 Å². The predicted octanol–water partition coefficient (Wildman–Crippen LogP) is 4.33. The lowest BCUT2D eigenvalue weighted by atomic mass is 10.1. The van der Waals surface area contributed by atoms with Crippen molar-refractivity contribution in [3.8, 4) is 5.75 Å². The molecular formula is C16H16BrNO2. The average Bonchev–Trinajstić information content (AvgIpc) is 2.43. The number of amides is 1. The number of benzene rings is 2. The smallest absolute Gasteiger partial charge is 0.256 e. The Bertz CT molecular complexity index is 653. The van der Waals surface area contributed by atoms with Crippen LogP contribution in [0.15, 0.2) is 40.9 Å². The minimum atomic E-state index is -0.168. The lowest BCUT2D eigenvalue weighted by Gasteiger charge is -2.10. The molecule has 0 aromatic heterocycles. The molecule has 0 unspecified atom stereocenters. The molecule has 0 radical (unpaired) electrons. The molecule has 0 fully saturated rings. The summed E-state index contributed by atoms with van der Waals surface area (Å²) in [6.45, 7) is 4.06. The summed E-state index contributed by atoms with van der Waals surface area (Å²) in [6.07, 6.45) is 0. The number of aryl methyl sites for hydroxylation is 2. The van der Waals surface area contributed by atoms with Crippen molar-refractivity contribution in [3.63, 3.8) is 0 Å². The third-order valence-electron chi connectivity index (χ3n) is 3.18. The predicted molar refractivity (Wildman–Crippen MR) is 84.6 cm³/mol. The van der Waals surface area contributed by atoms with Crippen LogP contribution in [0.5, 0.6) is 5.75 Å². The first kappa shape index (κ1) is 14.6. The topological polar surface area (TPSA) is 38.3 Å². The zero-order valence-corrected chi connectivity index (χ0v) is 13.2. The molecule has 0 aliphatic carbocycles. The Morgan fingerprint density at radius 3 is 2.50 bits per heavy atom. The van der Waals surface area contributed by atoms with E-state index in [1.807, 2.05) is 32.0 Å². The van der Waals surface area contributed by atoms with Gasteiger partial charge >= 0.3 is 0 Å². The van der Waals surface area contributed by atoms with Crippen molar-refractivity contribution < 1.29 is 9.53 Å². The van der Waals surface area contributed by atoms with Gasteiger partial charge in [-0.1, -0.05) is 6.07 Å². The second kappa shape index (κ2) is 6.09. The van der Waals surface area contributed by atoms with Gasteiger partial charge in [0, 0.05) is 10.2 Å². The van der Waals surface area contributed by atoms with Gasteiger partial charge in [0.25, 0.3) is 5.91 Å². The van der Waals surface area contributed by atoms with Crippen molar-refractivity contribution in [2.45, 2.75) is 13.8 Å². The summed E-state index contributed by atoms with van der Waals surface area (Å²) < 4.78 is 5.88. The number of halogens is 1. The SMILES string of the molecule is COc1ccc(Br)c(C(=O)Nc2ccc(C)c(C)c2)c1. The Labute approximate surface area is 127 Å². The monoisotopic (exact) mass is 333 g/mol. The molecule has 0 aliphatic rings. The summed E-state index contributed by atoms with van der Waals surface area (Å²) >= 11 is 3.38. The van der Waals surface area contributed by atoms with Gasteiger partial charge in [0.05, 0.1) is 12.7 Å². The maximum atomic E-state index is 12.3. The van der Waals surface area contributed by atoms with Crippen molar-refractivity contribution in [1.29, 1.82) is 0 Å². The Morgan fingerprint density at radius 1 is 1.10 bits per heavy atom. The number of carbonyl (C=O) groups excluding carboxylic acids is 1. The minimum absolute atomic E-state index is 0.168. The van der Waals surface area contributed by atoms with Gasteiger partial charge in [-0.2, -0.15) is 0 Å². The zero-order valence-electron chi connectivity index (χ0n) is 11.7. The first-order valence-electron chi connectivity index (χ1n) is 6.23. The van der Waals surface area contributed by atoms with Gasteiger partial charge in [0.15, 0.2) is 0 Å². The number of nitrogens with one attached hydrogen (secondary N) is 1. The molecule has 1 amide bonds. The van der Waals surface area contributed by atoms with Crippen LogP contribution < -0.4 is 10.1 Å². The fraction of sp³-hybridized carbons (Fsp3) is 0.188. The van der Waals surface area contributed by atoms with Gasteiger partial charge in [-0.05, 0) is 71.2 Å². The summed E-state index contributed by atoms with van der Waals surface area (Å²) in [7, 11) is 1.58. The van der Waals surface area contributed by atoms with Gasteiger partial charge in [0.1, 0.15) is 5.75 Å². The van der Waals surface area contributed by atoms with E-state index in [1.165, 1.54) is 5.56 Å². The van der Waals surface area contributed by atoms with E-state index < -0.39 is 0 Å². The molecule has 3 nitrogen and oxygen atoms in total. The lowest BCUT2D eigenvalue weighted by Crippen LogP contribution is -2.13. The van der Waals surface area contributed by atoms with E-state index in [-0.39, 0.29) is 5.91 Å². The molecule has 0 aliphatic heterocycles. The number of ether oxygens (including phenoxy) is 1. The number of hydrogen-bond donors (Lipinski definition) is 1. The molecule has 0 saturated carbocycles. The molecule has 2 aromatic rings. The quantitative estimate of drug-likeness (QED) is 0.907. The van der Waals surface area contributed by atoms with E-state index >= 15 is 0 Å². The minimum Gasteiger partial charge on any atom is -0.497 e. The summed E-state index contributed by atoms with van der Waals surface area (Å²) in [6, 6.07) is 11.2. The highest BCUT2D eigenvalue weighted by Gasteiger charge is 2.12. The lowest BCUT2D eigenvalue weighted by molar-refractivity contribution is 0.102. The Kier molecular flexibility index (Phi) is 4.45. The molecule has 1 N–H and O–H groups in total.